The quantitative estimate of drug-likeness (QED) is 0.110. The number of para-hydroxylation sites is 1. The van der Waals surface area contributed by atoms with E-state index in [-0.39, 0.29) is 23.6 Å². The molecule has 2 N–H and O–H groups in total. The van der Waals surface area contributed by atoms with Crippen molar-refractivity contribution in [2.75, 3.05) is 26.4 Å². The van der Waals surface area contributed by atoms with Gasteiger partial charge in [-0.1, -0.05) is 93.6 Å². The molecular weight excluding hydrogens is 750 g/mol. The lowest BCUT2D eigenvalue weighted by molar-refractivity contribution is 0.0714. The molecule has 2 atom stereocenters. The van der Waals surface area contributed by atoms with Crippen LogP contribution in [0.3, 0.4) is 0 Å². The molecule has 0 radical (unpaired) electrons. The summed E-state index contributed by atoms with van der Waals surface area (Å²) in [5.41, 5.74) is 5.01. The second-order valence-electron chi connectivity index (χ2n) is 17.0. The van der Waals surface area contributed by atoms with Gasteiger partial charge in [0, 0.05) is 37.6 Å². The highest BCUT2D eigenvalue weighted by molar-refractivity contribution is 6.99. The van der Waals surface area contributed by atoms with Gasteiger partial charge >= 0.3 is 6.09 Å². The molecule has 2 aromatic heterocycles. The van der Waals surface area contributed by atoms with Gasteiger partial charge in [0.15, 0.2) is 5.82 Å². The number of nitrogens with one attached hydrogen (secondary N) is 1. The average molecular weight is 802 g/mol. The number of hydrogen-bond acceptors (Lipinski definition) is 5. The first kappa shape index (κ1) is 39.4. The van der Waals surface area contributed by atoms with Crippen LogP contribution in [0.1, 0.15) is 56.5 Å². The number of alkyl halides is 1. The maximum Gasteiger partial charge on any atom is 0.405 e. The Balaban J connectivity index is 1.11. The van der Waals surface area contributed by atoms with Crippen LogP contribution in [0.4, 0.5) is 9.18 Å². The van der Waals surface area contributed by atoms with Crippen LogP contribution in [-0.2, 0) is 24.4 Å². The molecule has 3 heterocycles. The Hall–Kier alpha value is -5.46. The maximum absolute atomic E-state index is 13.6. The molecule has 302 valence electrons. The van der Waals surface area contributed by atoms with Crippen LogP contribution < -0.4 is 20.4 Å². The lowest BCUT2D eigenvalue weighted by atomic mass is 9.97. The molecule has 0 spiro atoms. The summed E-state index contributed by atoms with van der Waals surface area (Å²) in [6, 6.07) is 32.6. The molecule has 1 saturated carbocycles. The van der Waals surface area contributed by atoms with Gasteiger partial charge in [-0.05, 0) is 77.3 Å². The van der Waals surface area contributed by atoms with E-state index in [0.29, 0.717) is 36.6 Å². The summed E-state index contributed by atoms with van der Waals surface area (Å²) in [5, 5.41) is 14.7. The van der Waals surface area contributed by atoms with E-state index in [2.05, 4.69) is 121 Å². The van der Waals surface area contributed by atoms with Crippen LogP contribution in [0.25, 0.3) is 33.5 Å². The van der Waals surface area contributed by atoms with Crippen molar-refractivity contribution in [3.05, 3.63) is 108 Å². The molecule has 58 heavy (non-hydrogen) atoms. The first-order chi connectivity index (χ1) is 27.9. The summed E-state index contributed by atoms with van der Waals surface area (Å²) in [6.07, 6.45) is 1.35. The van der Waals surface area contributed by atoms with Gasteiger partial charge in [0.25, 0.3) is 14.2 Å². The minimum Gasteiger partial charge on any atom is -0.486 e. The first-order valence-corrected chi connectivity index (χ1v) is 22.2. The number of aryl methyl sites for hydroxylation is 1. The van der Waals surface area contributed by atoms with Crippen LogP contribution in [0.15, 0.2) is 97.1 Å². The van der Waals surface area contributed by atoms with Crippen LogP contribution in [0.5, 0.6) is 5.75 Å². The molecule has 2 aliphatic rings. The van der Waals surface area contributed by atoms with Gasteiger partial charge in [0.2, 0.25) is 0 Å². The summed E-state index contributed by atoms with van der Waals surface area (Å²) in [6.45, 7) is 9.62. The van der Waals surface area contributed by atoms with E-state index < -0.39 is 27.1 Å². The standard InChI is InChI=1S/C46H52FN5O5Si/c1-30(29-56-58(46(2,3)4,35-14-8-6-9-15-35)36-16-10-7-11-17-36)57-41-18-12-13-33-24-40(52(42(33)41)27-31-19-20-31)43-49-38-25-37-32(23-39(38)50(43)5)21-22-51(44(37)53)28-34(26-47)48-45(54)55/h6-18,23-25,30-31,34,48H,19-22,26-29H2,1-5H3,(H,54,55). The van der Waals surface area contributed by atoms with Gasteiger partial charge in [-0.3, -0.25) is 4.79 Å². The lowest BCUT2D eigenvalue weighted by Gasteiger charge is -2.43. The molecule has 1 aliphatic heterocycles. The molecule has 6 aromatic rings. The number of carboxylic acid groups (broad SMARTS) is 1. The zero-order valence-electron chi connectivity index (χ0n) is 33.9. The van der Waals surface area contributed by atoms with Gasteiger partial charge in [0.05, 0.1) is 34.9 Å². The zero-order chi connectivity index (χ0) is 40.8. The van der Waals surface area contributed by atoms with Gasteiger partial charge in [-0.15, -0.1) is 0 Å². The fraction of sp³-hybridized carbons (Fsp3) is 0.370. The van der Waals surface area contributed by atoms with Crippen molar-refractivity contribution in [2.24, 2.45) is 13.0 Å². The molecule has 0 saturated heterocycles. The summed E-state index contributed by atoms with van der Waals surface area (Å²) in [7, 11) is -0.751. The van der Waals surface area contributed by atoms with Crippen molar-refractivity contribution in [1.82, 2.24) is 24.3 Å². The second kappa shape index (κ2) is 15.7. The number of imidazole rings is 1. The Morgan fingerprint density at radius 1 is 1.00 bits per heavy atom. The normalized spacial score (nSPS) is 15.8. The van der Waals surface area contributed by atoms with Gasteiger partial charge in [-0.25, -0.2) is 14.2 Å². The van der Waals surface area contributed by atoms with E-state index in [4.69, 9.17) is 19.3 Å². The summed E-state index contributed by atoms with van der Waals surface area (Å²) < 4.78 is 32.2. The highest BCUT2D eigenvalue weighted by Crippen LogP contribution is 2.41. The molecule has 8 rings (SSSR count). The number of amides is 2. The number of benzene rings is 4. The van der Waals surface area contributed by atoms with E-state index in [1.807, 2.05) is 25.2 Å². The second-order valence-corrected chi connectivity index (χ2v) is 21.3. The number of hydrogen-bond donors (Lipinski definition) is 2. The van der Waals surface area contributed by atoms with Crippen molar-refractivity contribution >= 4 is 52.6 Å². The predicted octanol–water partition coefficient (Wildman–Crippen LogP) is 7.55. The highest BCUT2D eigenvalue weighted by atomic mass is 28.4. The van der Waals surface area contributed by atoms with Crippen molar-refractivity contribution < 1.29 is 28.2 Å². The third-order valence-electron chi connectivity index (χ3n) is 11.8. The molecule has 2 unspecified atom stereocenters. The third-order valence-corrected chi connectivity index (χ3v) is 16.8. The SMILES string of the molecule is CC(CO[Si](c1ccccc1)(c1ccccc1)C(C)(C)C)Oc1cccc2cc(-c3nc4cc5c(cc4n3C)CCN(CC(CF)NC(=O)O)C5=O)n(CC3CC3)c12. The summed E-state index contributed by atoms with van der Waals surface area (Å²) >= 11 is 0. The molecule has 1 aliphatic carbocycles. The van der Waals surface area contributed by atoms with E-state index >= 15 is 0 Å². The van der Waals surface area contributed by atoms with Crippen molar-refractivity contribution in [1.29, 1.82) is 0 Å². The number of fused-ring (bicyclic) bond motifs is 3. The smallest absolute Gasteiger partial charge is 0.405 e. The minimum absolute atomic E-state index is 0.0392. The maximum atomic E-state index is 13.6. The highest BCUT2D eigenvalue weighted by Gasteiger charge is 2.50. The third kappa shape index (κ3) is 7.39. The molecule has 1 fully saturated rings. The Bertz CT molecular complexity index is 2420. The Morgan fingerprint density at radius 2 is 1.69 bits per heavy atom. The number of rotatable bonds is 14. The van der Waals surface area contributed by atoms with Gasteiger partial charge in [0.1, 0.15) is 18.5 Å². The molecule has 0 bridgehead atoms. The topological polar surface area (TPSA) is 111 Å². The van der Waals surface area contributed by atoms with Crippen molar-refractivity contribution in [3.63, 3.8) is 0 Å². The number of nitrogens with zero attached hydrogens (tertiary/aromatic N) is 4. The first-order valence-electron chi connectivity index (χ1n) is 20.3. The molecule has 4 aromatic carbocycles. The van der Waals surface area contributed by atoms with Crippen LogP contribution in [0, 0.1) is 5.92 Å². The van der Waals surface area contributed by atoms with Gasteiger partial charge < -0.3 is 33.6 Å². The van der Waals surface area contributed by atoms with Crippen LogP contribution >= 0.6 is 0 Å². The monoisotopic (exact) mass is 801 g/mol. The fourth-order valence-electron chi connectivity index (χ4n) is 8.77. The fourth-order valence-corrected chi connectivity index (χ4v) is 13.4. The minimum atomic E-state index is -2.76. The largest absolute Gasteiger partial charge is 0.486 e. The number of carbonyl (C=O) groups is 2. The van der Waals surface area contributed by atoms with Gasteiger partial charge in [-0.2, -0.15) is 0 Å². The number of carbonyl (C=O) groups excluding carboxylic acids is 1. The Kier molecular flexibility index (Phi) is 10.7. The Morgan fingerprint density at radius 3 is 2.31 bits per heavy atom. The van der Waals surface area contributed by atoms with E-state index in [0.717, 1.165) is 45.8 Å². The van der Waals surface area contributed by atoms with E-state index in [1.165, 1.54) is 28.1 Å². The molecule has 10 nitrogen and oxygen atoms in total. The predicted molar refractivity (Wildman–Crippen MR) is 229 cm³/mol. The van der Waals surface area contributed by atoms with Crippen molar-refractivity contribution in [3.8, 4) is 17.3 Å². The summed E-state index contributed by atoms with van der Waals surface area (Å²) in [5.74, 6) is 1.90. The lowest BCUT2D eigenvalue weighted by Crippen LogP contribution is -2.67. The summed E-state index contributed by atoms with van der Waals surface area (Å²) in [4.78, 5) is 31.5. The molecule has 12 heteroatoms. The van der Waals surface area contributed by atoms with Crippen molar-refractivity contribution in [2.45, 2.75) is 70.7 Å². The number of aromatic nitrogens is 3. The number of halogens is 1. The number of ether oxygens (including phenoxy) is 1. The molecule has 2 amide bonds. The molecular formula is C46H52FN5O5Si. The zero-order valence-corrected chi connectivity index (χ0v) is 34.9. The van der Waals surface area contributed by atoms with Crippen LogP contribution in [-0.4, -0.2) is 83.0 Å². The van der Waals surface area contributed by atoms with E-state index in [1.54, 1.807) is 0 Å². The van der Waals surface area contributed by atoms with Crippen LogP contribution in [0.2, 0.25) is 5.04 Å². The average Bonchev–Trinajstić information content (AvgIpc) is 3.88. The Labute approximate surface area is 339 Å². The van der Waals surface area contributed by atoms with E-state index in [9.17, 15) is 14.0 Å².